The lowest BCUT2D eigenvalue weighted by atomic mass is 10.1. The summed E-state index contributed by atoms with van der Waals surface area (Å²) < 4.78 is 13.7. The molecule has 1 aromatic heterocycles. The molecule has 0 bridgehead atoms. The molecule has 0 radical (unpaired) electrons. The summed E-state index contributed by atoms with van der Waals surface area (Å²) in [4.78, 5) is 12.7. The van der Waals surface area contributed by atoms with Crippen molar-refractivity contribution in [1.29, 1.82) is 0 Å². The molecular formula is C13H8BrFOS. The van der Waals surface area contributed by atoms with Gasteiger partial charge in [-0.2, -0.15) is 0 Å². The predicted octanol–water partition coefficient (Wildman–Crippen LogP) is 4.55. The fraction of sp³-hybridized carbons (Fsp3) is 0. The summed E-state index contributed by atoms with van der Waals surface area (Å²) in [6, 6.07) is 7.45. The van der Waals surface area contributed by atoms with Crippen molar-refractivity contribution in [2.75, 3.05) is 0 Å². The van der Waals surface area contributed by atoms with E-state index >= 15 is 0 Å². The number of thiophene rings is 1. The van der Waals surface area contributed by atoms with Gasteiger partial charge in [0.25, 0.3) is 0 Å². The van der Waals surface area contributed by atoms with Crippen LogP contribution in [0.3, 0.4) is 0 Å². The molecule has 2 aromatic rings. The van der Waals surface area contributed by atoms with Crippen LogP contribution in [0, 0.1) is 5.82 Å². The second-order valence-electron chi connectivity index (χ2n) is 3.37. The van der Waals surface area contributed by atoms with E-state index in [9.17, 15) is 9.18 Å². The molecule has 0 fully saturated rings. The van der Waals surface area contributed by atoms with Crippen LogP contribution in [-0.2, 0) is 0 Å². The summed E-state index contributed by atoms with van der Waals surface area (Å²) in [7, 11) is 0. The molecule has 0 aliphatic carbocycles. The molecule has 0 spiro atoms. The first-order chi connectivity index (χ1) is 8.15. The first kappa shape index (κ1) is 12.2. The quantitative estimate of drug-likeness (QED) is 0.600. The Morgan fingerprint density at radius 2 is 2.00 bits per heavy atom. The van der Waals surface area contributed by atoms with Crippen LogP contribution in [0.15, 0.2) is 46.3 Å². The largest absolute Gasteiger partial charge is 0.289 e. The fourth-order valence-electron chi connectivity index (χ4n) is 1.28. The third-order valence-corrected chi connectivity index (χ3v) is 3.77. The highest BCUT2D eigenvalue weighted by Gasteiger charge is 2.01. The normalized spacial score (nSPS) is 10.9. The first-order valence-corrected chi connectivity index (χ1v) is 6.54. The monoisotopic (exact) mass is 310 g/mol. The number of carbonyl (C=O) groups is 1. The van der Waals surface area contributed by atoms with Crippen LogP contribution in [0.5, 0.6) is 0 Å². The lowest BCUT2D eigenvalue weighted by Gasteiger charge is -1.94. The molecule has 86 valence electrons. The lowest BCUT2D eigenvalue weighted by molar-refractivity contribution is 0.104. The van der Waals surface area contributed by atoms with Crippen LogP contribution in [0.25, 0.3) is 6.08 Å². The molecule has 1 aromatic carbocycles. The predicted molar refractivity (Wildman–Crippen MR) is 71.8 cm³/mol. The smallest absolute Gasteiger partial charge is 0.185 e. The highest BCUT2D eigenvalue weighted by atomic mass is 79.9. The van der Waals surface area contributed by atoms with Crippen LogP contribution in [0.4, 0.5) is 4.39 Å². The number of carbonyl (C=O) groups excluding carboxylic acids is 1. The Hall–Kier alpha value is -1.26. The van der Waals surface area contributed by atoms with Crippen molar-refractivity contribution in [3.05, 3.63) is 62.5 Å². The second-order valence-corrected chi connectivity index (χ2v) is 5.23. The van der Waals surface area contributed by atoms with Crippen molar-refractivity contribution in [3.8, 4) is 0 Å². The maximum Gasteiger partial charge on any atom is 0.185 e. The number of hydrogen-bond donors (Lipinski definition) is 0. The van der Waals surface area contributed by atoms with Crippen LogP contribution in [0.2, 0.25) is 0 Å². The highest BCUT2D eigenvalue weighted by Crippen LogP contribution is 2.21. The topological polar surface area (TPSA) is 17.1 Å². The van der Waals surface area contributed by atoms with Crippen molar-refractivity contribution in [2.45, 2.75) is 0 Å². The second kappa shape index (κ2) is 5.38. The van der Waals surface area contributed by atoms with E-state index in [0.29, 0.717) is 5.56 Å². The van der Waals surface area contributed by atoms with Gasteiger partial charge >= 0.3 is 0 Å². The maximum atomic E-state index is 12.7. The number of rotatable bonds is 3. The van der Waals surface area contributed by atoms with E-state index in [2.05, 4.69) is 15.9 Å². The SMILES string of the molecule is O=C(/C=C\c1cc(Br)cs1)c1ccc(F)cc1. The van der Waals surface area contributed by atoms with Gasteiger partial charge in [0.1, 0.15) is 5.82 Å². The summed E-state index contributed by atoms with van der Waals surface area (Å²) in [5, 5.41) is 1.95. The van der Waals surface area contributed by atoms with Gasteiger partial charge in [-0.15, -0.1) is 11.3 Å². The minimum Gasteiger partial charge on any atom is -0.289 e. The third kappa shape index (κ3) is 3.35. The van der Waals surface area contributed by atoms with E-state index < -0.39 is 0 Å². The zero-order valence-electron chi connectivity index (χ0n) is 8.69. The molecule has 0 N–H and O–H groups in total. The molecular weight excluding hydrogens is 303 g/mol. The molecule has 0 aliphatic rings. The van der Waals surface area contributed by atoms with Gasteiger partial charge in [0.05, 0.1) is 0 Å². The van der Waals surface area contributed by atoms with Crippen molar-refractivity contribution >= 4 is 39.1 Å². The number of allylic oxidation sites excluding steroid dienone is 1. The summed E-state index contributed by atoms with van der Waals surface area (Å²) in [6.07, 6.45) is 3.24. The molecule has 1 nitrogen and oxygen atoms in total. The average Bonchev–Trinajstić information content (AvgIpc) is 2.73. The zero-order chi connectivity index (χ0) is 12.3. The van der Waals surface area contributed by atoms with E-state index in [1.54, 1.807) is 17.4 Å². The highest BCUT2D eigenvalue weighted by molar-refractivity contribution is 9.10. The van der Waals surface area contributed by atoms with Gasteiger partial charge in [0.15, 0.2) is 5.78 Å². The Bertz CT molecular complexity index is 557. The van der Waals surface area contributed by atoms with Gasteiger partial charge in [-0.1, -0.05) is 0 Å². The van der Waals surface area contributed by atoms with Crippen LogP contribution >= 0.6 is 27.3 Å². The molecule has 0 saturated heterocycles. The van der Waals surface area contributed by atoms with E-state index in [-0.39, 0.29) is 11.6 Å². The minimum atomic E-state index is -0.340. The van der Waals surface area contributed by atoms with Crippen LogP contribution < -0.4 is 0 Å². The van der Waals surface area contributed by atoms with Gasteiger partial charge < -0.3 is 0 Å². The fourth-order valence-corrected chi connectivity index (χ4v) is 2.62. The van der Waals surface area contributed by atoms with E-state index in [0.717, 1.165) is 9.35 Å². The maximum absolute atomic E-state index is 12.7. The Morgan fingerprint density at radius 1 is 1.29 bits per heavy atom. The van der Waals surface area contributed by atoms with Crippen molar-refractivity contribution in [1.82, 2.24) is 0 Å². The molecule has 0 amide bonds. The van der Waals surface area contributed by atoms with Gasteiger partial charge in [-0.05, 0) is 58.4 Å². The Balaban J connectivity index is 2.11. The molecule has 2 rings (SSSR count). The standard InChI is InChI=1S/C13H8BrFOS/c14-10-7-12(17-8-10)5-6-13(16)9-1-3-11(15)4-2-9/h1-8H/b6-5-. The van der Waals surface area contributed by atoms with Gasteiger partial charge in [0, 0.05) is 20.3 Å². The summed E-state index contributed by atoms with van der Waals surface area (Å²) in [6.45, 7) is 0. The minimum absolute atomic E-state index is 0.130. The summed E-state index contributed by atoms with van der Waals surface area (Å²) in [5.74, 6) is -0.470. The Kier molecular flexibility index (Phi) is 3.86. The number of benzene rings is 1. The first-order valence-electron chi connectivity index (χ1n) is 4.87. The zero-order valence-corrected chi connectivity index (χ0v) is 11.1. The number of ketones is 1. The van der Waals surface area contributed by atoms with Crippen LogP contribution in [0.1, 0.15) is 15.2 Å². The molecule has 0 unspecified atom stereocenters. The van der Waals surface area contributed by atoms with E-state index in [1.807, 2.05) is 11.4 Å². The third-order valence-electron chi connectivity index (χ3n) is 2.12. The molecule has 4 heteroatoms. The number of hydrogen-bond acceptors (Lipinski definition) is 2. The molecule has 17 heavy (non-hydrogen) atoms. The summed E-state index contributed by atoms with van der Waals surface area (Å²) >= 11 is 4.89. The lowest BCUT2D eigenvalue weighted by Crippen LogP contribution is -1.93. The van der Waals surface area contributed by atoms with Crippen molar-refractivity contribution < 1.29 is 9.18 Å². The van der Waals surface area contributed by atoms with Crippen molar-refractivity contribution in [2.24, 2.45) is 0 Å². The number of halogens is 2. The molecule has 0 atom stereocenters. The molecule has 0 aliphatic heterocycles. The van der Waals surface area contributed by atoms with E-state index in [1.165, 1.54) is 30.3 Å². The molecule has 1 heterocycles. The van der Waals surface area contributed by atoms with Gasteiger partial charge in [0.2, 0.25) is 0 Å². The van der Waals surface area contributed by atoms with E-state index in [4.69, 9.17) is 0 Å². The Morgan fingerprint density at radius 3 is 2.59 bits per heavy atom. The van der Waals surface area contributed by atoms with Gasteiger partial charge in [-0.25, -0.2) is 4.39 Å². The van der Waals surface area contributed by atoms with Crippen LogP contribution in [-0.4, -0.2) is 5.78 Å². The summed E-state index contributed by atoms with van der Waals surface area (Å²) in [5.41, 5.74) is 0.485. The molecule has 0 saturated carbocycles. The van der Waals surface area contributed by atoms with Gasteiger partial charge in [-0.3, -0.25) is 4.79 Å². The average molecular weight is 311 g/mol. The van der Waals surface area contributed by atoms with Crippen molar-refractivity contribution in [3.63, 3.8) is 0 Å². The Labute approximate surface area is 111 Å².